The minimum atomic E-state index is 0.378. The summed E-state index contributed by atoms with van der Waals surface area (Å²) in [6.45, 7) is 2.80. The summed E-state index contributed by atoms with van der Waals surface area (Å²) < 4.78 is 6.84. The number of anilines is 1. The van der Waals surface area contributed by atoms with Crippen LogP contribution in [0.4, 0.5) is 5.95 Å². The first-order chi connectivity index (χ1) is 8.85. The van der Waals surface area contributed by atoms with Crippen molar-refractivity contribution in [2.24, 2.45) is 5.73 Å². The number of aromatic nitrogens is 5. The van der Waals surface area contributed by atoms with E-state index in [2.05, 4.69) is 25.4 Å². The minimum Gasteiger partial charge on any atom is -0.338 e. The van der Waals surface area contributed by atoms with Crippen LogP contribution in [0.25, 0.3) is 0 Å². The Kier molecular flexibility index (Phi) is 2.93. The van der Waals surface area contributed by atoms with Crippen molar-refractivity contribution in [3.05, 3.63) is 17.8 Å². The molecule has 0 spiro atoms. The third-order valence-corrected chi connectivity index (χ3v) is 2.94. The Morgan fingerprint density at radius 2 is 2.17 bits per heavy atom. The van der Waals surface area contributed by atoms with Gasteiger partial charge in [0.25, 0.3) is 5.95 Å². The molecule has 0 aromatic carbocycles. The topological polar surface area (TPSA) is 98.9 Å². The average molecular weight is 249 g/mol. The predicted molar refractivity (Wildman–Crippen MR) is 62.8 cm³/mol. The van der Waals surface area contributed by atoms with E-state index >= 15 is 0 Å². The summed E-state index contributed by atoms with van der Waals surface area (Å²) in [6.07, 6.45) is 4.15. The summed E-state index contributed by atoms with van der Waals surface area (Å²) in [6, 6.07) is 0. The summed E-state index contributed by atoms with van der Waals surface area (Å²) in [5, 5.41) is 11.8. The van der Waals surface area contributed by atoms with Gasteiger partial charge in [-0.3, -0.25) is 0 Å². The summed E-state index contributed by atoms with van der Waals surface area (Å²) >= 11 is 0. The maximum atomic E-state index is 5.47. The normalized spacial score (nSPS) is 15.5. The fourth-order valence-corrected chi connectivity index (χ4v) is 2.00. The van der Waals surface area contributed by atoms with E-state index in [1.54, 1.807) is 10.9 Å². The summed E-state index contributed by atoms with van der Waals surface area (Å²) in [5.41, 5.74) is 6.21. The zero-order valence-electron chi connectivity index (χ0n) is 9.99. The van der Waals surface area contributed by atoms with Gasteiger partial charge in [-0.25, -0.2) is 4.68 Å². The van der Waals surface area contributed by atoms with Crippen molar-refractivity contribution >= 4 is 5.95 Å². The van der Waals surface area contributed by atoms with Gasteiger partial charge in [-0.1, -0.05) is 5.21 Å². The first kappa shape index (κ1) is 11.1. The van der Waals surface area contributed by atoms with Gasteiger partial charge in [0.05, 0.1) is 11.9 Å². The standard InChI is InChI=1S/C10H15N7O/c11-5-8-6-17(15-13-8)7-9-12-10(14-18-9)16-3-1-2-4-16/h6H,1-5,7,11H2. The fourth-order valence-electron chi connectivity index (χ4n) is 2.00. The second-order valence-corrected chi connectivity index (χ2v) is 4.29. The second kappa shape index (κ2) is 4.73. The molecule has 8 nitrogen and oxygen atoms in total. The van der Waals surface area contributed by atoms with E-state index in [4.69, 9.17) is 10.3 Å². The van der Waals surface area contributed by atoms with Crippen LogP contribution in [0.2, 0.25) is 0 Å². The molecule has 96 valence electrons. The Morgan fingerprint density at radius 3 is 2.89 bits per heavy atom. The number of rotatable bonds is 4. The number of hydrogen-bond acceptors (Lipinski definition) is 7. The molecule has 0 unspecified atom stereocenters. The molecule has 2 aromatic heterocycles. The van der Waals surface area contributed by atoms with E-state index in [0.29, 0.717) is 24.9 Å². The first-order valence-electron chi connectivity index (χ1n) is 6.02. The molecule has 18 heavy (non-hydrogen) atoms. The van der Waals surface area contributed by atoms with Crippen molar-refractivity contribution in [3.8, 4) is 0 Å². The predicted octanol–water partition coefficient (Wildman–Crippen LogP) is -0.232. The Hall–Kier alpha value is -1.96. The highest BCUT2D eigenvalue weighted by molar-refractivity contribution is 5.28. The van der Waals surface area contributed by atoms with Gasteiger partial charge >= 0.3 is 0 Å². The van der Waals surface area contributed by atoms with E-state index < -0.39 is 0 Å². The van der Waals surface area contributed by atoms with Crippen molar-refractivity contribution in [1.82, 2.24) is 25.1 Å². The number of hydrogen-bond donors (Lipinski definition) is 1. The van der Waals surface area contributed by atoms with Crippen LogP contribution in [0.1, 0.15) is 24.4 Å². The highest BCUT2D eigenvalue weighted by atomic mass is 16.5. The Balaban J connectivity index is 1.69. The third kappa shape index (κ3) is 2.19. The first-order valence-corrected chi connectivity index (χ1v) is 6.02. The van der Waals surface area contributed by atoms with E-state index in [1.165, 1.54) is 12.8 Å². The van der Waals surface area contributed by atoms with Gasteiger partial charge in [-0.2, -0.15) is 4.98 Å². The lowest BCUT2D eigenvalue weighted by atomic mass is 10.4. The fraction of sp³-hybridized carbons (Fsp3) is 0.600. The average Bonchev–Trinajstić information content (AvgIpc) is 3.10. The molecule has 0 radical (unpaired) electrons. The van der Waals surface area contributed by atoms with Crippen LogP contribution in [-0.4, -0.2) is 38.2 Å². The van der Waals surface area contributed by atoms with Crippen LogP contribution in [0.15, 0.2) is 10.7 Å². The highest BCUT2D eigenvalue weighted by Crippen LogP contribution is 2.16. The quantitative estimate of drug-likeness (QED) is 0.798. The molecular formula is C10H15N7O. The summed E-state index contributed by atoms with van der Waals surface area (Å²) in [7, 11) is 0. The molecule has 2 aromatic rings. The van der Waals surface area contributed by atoms with Gasteiger partial charge in [0, 0.05) is 19.6 Å². The van der Waals surface area contributed by atoms with E-state index in [1.807, 2.05) is 0 Å². The molecule has 0 amide bonds. The highest BCUT2D eigenvalue weighted by Gasteiger charge is 2.18. The van der Waals surface area contributed by atoms with Gasteiger partial charge in [0.1, 0.15) is 6.54 Å². The van der Waals surface area contributed by atoms with Crippen LogP contribution in [-0.2, 0) is 13.1 Å². The van der Waals surface area contributed by atoms with Gasteiger partial charge in [0.15, 0.2) is 0 Å². The minimum absolute atomic E-state index is 0.378. The molecule has 2 N–H and O–H groups in total. The monoisotopic (exact) mass is 249 g/mol. The Bertz CT molecular complexity index is 514. The summed E-state index contributed by atoms with van der Waals surface area (Å²) in [5.74, 6) is 1.20. The van der Waals surface area contributed by atoms with Crippen molar-refractivity contribution in [2.45, 2.75) is 25.9 Å². The van der Waals surface area contributed by atoms with Crippen LogP contribution in [0, 0.1) is 0 Å². The molecular weight excluding hydrogens is 234 g/mol. The van der Waals surface area contributed by atoms with Gasteiger partial charge in [-0.15, -0.1) is 5.10 Å². The summed E-state index contributed by atoms with van der Waals surface area (Å²) in [4.78, 5) is 6.48. The smallest absolute Gasteiger partial charge is 0.266 e. The van der Waals surface area contributed by atoms with E-state index in [9.17, 15) is 0 Å². The zero-order chi connectivity index (χ0) is 12.4. The van der Waals surface area contributed by atoms with Crippen LogP contribution < -0.4 is 10.6 Å². The lowest BCUT2D eigenvalue weighted by Gasteiger charge is -2.09. The lowest BCUT2D eigenvalue weighted by molar-refractivity contribution is 0.363. The van der Waals surface area contributed by atoms with Crippen molar-refractivity contribution in [1.29, 1.82) is 0 Å². The van der Waals surface area contributed by atoms with Crippen molar-refractivity contribution in [3.63, 3.8) is 0 Å². The van der Waals surface area contributed by atoms with Crippen LogP contribution in [0.5, 0.6) is 0 Å². The Labute approximate surface area is 104 Å². The second-order valence-electron chi connectivity index (χ2n) is 4.29. The van der Waals surface area contributed by atoms with Gasteiger partial charge in [0.2, 0.25) is 5.89 Å². The van der Waals surface area contributed by atoms with Gasteiger partial charge in [-0.05, 0) is 18.0 Å². The Morgan fingerprint density at radius 1 is 1.33 bits per heavy atom. The SMILES string of the molecule is NCc1cn(Cc2nc(N3CCCC3)no2)nn1. The van der Waals surface area contributed by atoms with Crippen LogP contribution in [0.3, 0.4) is 0 Å². The molecule has 3 heterocycles. The molecule has 1 aliphatic heterocycles. The number of nitrogens with two attached hydrogens (primary N) is 1. The zero-order valence-corrected chi connectivity index (χ0v) is 9.99. The molecule has 3 rings (SSSR count). The van der Waals surface area contributed by atoms with E-state index in [0.717, 1.165) is 18.8 Å². The molecule has 8 heteroatoms. The van der Waals surface area contributed by atoms with Crippen molar-refractivity contribution < 1.29 is 4.52 Å². The third-order valence-electron chi connectivity index (χ3n) is 2.94. The maximum Gasteiger partial charge on any atom is 0.266 e. The largest absolute Gasteiger partial charge is 0.338 e. The van der Waals surface area contributed by atoms with Crippen LogP contribution >= 0.6 is 0 Å². The maximum absolute atomic E-state index is 5.47. The molecule has 1 fully saturated rings. The molecule has 0 aliphatic carbocycles. The van der Waals surface area contributed by atoms with Crippen molar-refractivity contribution in [2.75, 3.05) is 18.0 Å². The molecule has 1 aliphatic rings. The van der Waals surface area contributed by atoms with E-state index in [-0.39, 0.29) is 0 Å². The number of nitrogens with zero attached hydrogens (tertiary/aromatic N) is 6. The molecule has 1 saturated heterocycles. The lowest BCUT2D eigenvalue weighted by Crippen LogP contribution is -2.19. The molecule has 0 saturated carbocycles. The van der Waals surface area contributed by atoms with Gasteiger partial charge < -0.3 is 15.2 Å². The molecule has 0 atom stereocenters. The molecule has 0 bridgehead atoms.